The molecule has 0 bridgehead atoms. The van der Waals surface area contributed by atoms with E-state index >= 15 is 0 Å². The summed E-state index contributed by atoms with van der Waals surface area (Å²) in [7, 11) is 0. The Morgan fingerprint density at radius 3 is 2.67 bits per heavy atom. The van der Waals surface area contributed by atoms with Crippen LogP contribution in [0.4, 0.5) is 4.79 Å². The Balaban J connectivity index is 2.44. The third kappa shape index (κ3) is 3.11. The van der Waals surface area contributed by atoms with Crippen molar-refractivity contribution in [3.05, 3.63) is 0 Å². The van der Waals surface area contributed by atoms with Crippen LogP contribution in [0.3, 0.4) is 0 Å². The van der Waals surface area contributed by atoms with E-state index in [2.05, 4.69) is 12.2 Å². The molecule has 1 heterocycles. The van der Waals surface area contributed by atoms with Gasteiger partial charge >= 0.3 is 12.0 Å². The number of hydrogen-bond donors (Lipinski definition) is 2. The number of urea groups is 1. The molecule has 0 aromatic carbocycles. The lowest BCUT2D eigenvalue weighted by Crippen LogP contribution is -2.46. The molecule has 5 heteroatoms. The molecule has 0 aromatic heterocycles. The van der Waals surface area contributed by atoms with Crippen LogP contribution >= 0.6 is 0 Å². The minimum Gasteiger partial charge on any atom is -0.480 e. The largest absolute Gasteiger partial charge is 0.480 e. The first-order chi connectivity index (χ1) is 7.04. The van der Waals surface area contributed by atoms with E-state index in [1.54, 1.807) is 11.8 Å². The third-order valence-electron chi connectivity index (χ3n) is 2.72. The summed E-state index contributed by atoms with van der Waals surface area (Å²) in [6.45, 7) is 5.28. The average Bonchev–Trinajstić information content (AvgIpc) is 2.60. The van der Waals surface area contributed by atoms with Gasteiger partial charge in [-0.05, 0) is 18.8 Å². The number of nitrogens with one attached hydrogen (secondary N) is 1. The summed E-state index contributed by atoms with van der Waals surface area (Å²) >= 11 is 0. The molecule has 15 heavy (non-hydrogen) atoms. The number of aliphatic carboxylic acids is 1. The Morgan fingerprint density at radius 2 is 2.27 bits per heavy atom. The zero-order valence-corrected chi connectivity index (χ0v) is 9.19. The van der Waals surface area contributed by atoms with Crippen molar-refractivity contribution in [3.63, 3.8) is 0 Å². The van der Waals surface area contributed by atoms with Crippen LogP contribution in [0.1, 0.15) is 26.7 Å². The fourth-order valence-corrected chi connectivity index (χ4v) is 1.70. The van der Waals surface area contributed by atoms with Crippen LogP contribution in [-0.2, 0) is 4.79 Å². The molecule has 2 unspecified atom stereocenters. The number of nitrogens with zero attached hydrogens (tertiary/aromatic N) is 1. The van der Waals surface area contributed by atoms with Crippen LogP contribution in [-0.4, -0.2) is 41.1 Å². The number of carbonyl (C=O) groups excluding carboxylic acids is 1. The molecular weight excluding hydrogens is 196 g/mol. The summed E-state index contributed by atoms with van der Waals surface area (Å²) in [6, 6.07) is -1.03. The predicted molar refractivity (Wildman–Crippen MR) is 55.6 cm³/mol. The van der Waals surface area contributed by atoms with Crippen LogP contribution < -0.4 is 5.32 Å². The van der Waals surface area contributed by atoms with Gasteiger partial charge in [-0.15, -0.1) is 0 Å². The van der Waals surface area contributed by atoms with E-state index in [1.807, 2.05) is 0 Å². The molecule has 1 rings (SSSR count). The zero-order valence-electron chi connectivity index (χ0n) is 9.19. The van der Waals surface area contributed by atoms with Crippen LogP contribution in [0.5, 0.6) is 0 Å². The molecule has 1 saturated heterocycles. The van der Waals surface area contributed by atoms with Crippen LogP contribution in [0.25, 0.3) is 0 Å². The van der Waals surface area contributed by atoms with Crippen molar-refractivity contribution in [1.82, 2.24) is 10.2 Å². The number of rotatable bonds is 3. The lowest BCUT2D eigenvalue weighted by molar-refractivity contribution is -0.139. The first kappa shape index (κ1) is 11.8. The Bertz CT molecular complexity index is 255. The first-order valence-corrected chi connectivity index (χ1v) is 5.32. The van der Waals surface area contributed by atoms with Gasteiger partial charge in [-0.25, -0.2) is 9.59 Å². The van der Waals surface area contributed by atoms with Gasteiger partial charge in [0, 0.05) is 13.1 Å². The van der Waals surface area contributed by atoms with Gasteiger partial charge in [-0.2, -0.15) is 0 Å². The van der Waals surface area contributed by atoms with Gasteiger partial charge in [-0.1, -0.05) is 13.8 Å². The van der Waals surface area contributed by atoms with Gasteiger partial charge in [-0.3, -0.25) is 0 Å². The molecule has 0 saturated carbocycles. The van der Waals surface area contributed by atoms with E-state index in [1.165, 1.54) is 0 Å². The Hall–Kier alpha value is -1.26. The summed E-state index contributed by atoms with van der Waals surface area (Å²) in [4.78, 5) is 24.0. The highest BCUT2D eigenvalue weighted by Gasteiger charge is 2.26. The second-order valence-corrected chi connectivity index (χ2v) is 4.09. The fraction of sp³-hybridized carbons (Fsp3) is 0.800. The van der Waals surface area contributed by atoms with Crippen LogP contribution in [0, 0.1) is 5.92 Å². The van der Waals surface area contributed by atoms with Gasteiger partial charge in [0.2, 0.25) is 0 Å². The van der Waals surface area contributed by atoms with Crippen LogP contribution in [0.15, 0.2) is 0 Å². The van der Waals surface area contributed by atoms with Crippen molar-refractivity contribution in [1.29, 1.82) is 0 Å². The average molecular weight is 214 g/mol. The van der Waals surface area contributed by atoms with E-state index in [4.69, 9.17) is 5.11 Å². The molecule has 0 aliphatic carbocycles. The summed E-state index contributed by atoms with van der Waals surface area (Å²) in [5.41, 5.74) is 0. The monoisotopic (exact) mass is 214 g/mol. The second kappa shape index (κ2) is 5.00. The lowest BCUT2D eigenvalue weighted by atomic mass is 10.2. The van der Waals surface area contributed by atoms with Crippen molar-refractivity contribution >= 4 is 12.0 Å². The second-order valence-electron chi connectivity index (χ2n) is 4.09. The maximum Gasteiger partial charge on any atom is 0.326 e. The highest BCUT2D eigenvalue weighted by molar-refractivity contribution is 5.82. The van der Waals surface area contributed by atoms with Crippen molar-refractivity contribution in [2.24, 2.45) is 5.92 Å². The van der Waals surface area contributed by atoms with Gasteiger partial charge in [0.1, 0.15) is 6.04 Å². The highest BCUT2D eigenvalue weighted by Crippen LogP contribution is 2.14. The fourth-order valence-electron chi connectivity index (χ4n) is 1.70. The highest BCUT2D eigenvalue weighted by atomic mass is 16.4. The topological polar surface area (TPSA) is 69.6 Å². The minimum absolute atomic E-state index is 0.256. The zero-order chi connectivity index (χ0) is 11.4. The molecule has 2 atom stereocenters. The summed E-state index contributed by atoms with van der Waals surface area (Å²) in [5, 5.41) is 11.3. The third-order valence-corrected chi connectivity index (χ3v) is 2.72. The standard InChI is InChI=1S/C10H18N2O3/c1-3-8(9(13)14)11-10(15)12-5-4-7(2)6-12/h7-8H,3-6H2,1-2H3,(H,11,15)(H,13,14). The molecule has 1 fully saturated rings. The molecular formula is C10H18N2O3. The van der Waals surface area contributed by atoms with E-state index in [0.717, 1.165) is 19.5 Å². The van der Waals surface area contributed by atoms with Gasteiger partial charge < -0.3 is 15.3 Å². The molecule has 1 aliphatic heterocycles. The summed E-state index contributed by atoms with van der Waals surface area (Å²) in [5.74, 6) is -0.459. The van der Waals surface area contributed by atoms with E-state index in [-0.39, 0.29) is 6.03 Å². The van der Waals surface area contributed by atoms with Crippen molar-refractivity contribution < 1.29 is 14.7 Å². The molecule has 0 aromatic rings. The maximum atomic E-state index is 11.6. The van der Waals surface area contributed by atoms with Gasteiger partial charge in [0.15, 0.2) is 0 Å². The quantitative estimate of drug-likeness (QED) is 0.733. The number of carboxylic acids is 1. The number of carbonyl (C=O) groups is 2. The Kier molecular flexibility index (Phi) is 3.94. The van der Waals surface area contributed by atoms with E-state index in [0.29, 0.717) is 12.3 Å². The van der Waals surface area contributed by atoms with Crippen molar-refractivity contribution in [3.8, 4) is 0 Å². The molecule has 86 valence electrons. The van der Waals surface area contributed by atoms with E-state index in [9.17, 15) is 9.59 Å². The molecule has 2 N–H and O–H groups in total. The van der Waals surface area contributed by atoms with E-state index < -0.39 is 12.0 Å². The Labute approximate surface area is 89.4 Å². The predicted octanol–water partition coefficient (Wildman–Crippen LogP) is 0.901. The minimum atomic E-state index is -0.974. The van der Waals surface area contributed by atoms with Crippen LogP contribution in [0.2, 0.25) is 0 Å². The Morgan fingerprint density at radius 1 is 1.60 bits per heavy atom. The molecule has 2 amide bonds. The normalized spacial score (nSPS) is 22.5. The van der Waals surface area contributed by atoms with Gasteiger partial charge in [0.05, 0.1) is 0 Å². The molecule has 0 radical (unpaired) electrons. The number of carboxylic acid groups (broad SMARTS) is 1. The summed E-state index contributed by atoms with van der Waals surface area (Å²) in [6.07, 6.45) is 1.40. The van der Waals surface area contributed by atoms with Crippen molar-refractivity contribution in [2.75, 3.05) is 13.1 Å². The number of hydrogen-bond acceptors (Lipinski definition) is 2. The number of likely N-dealkylation sites (tertiary alicyclic amines) is 1. The maximum absolute atomic E-state index is 11.6. The molecule has 5 nitrogen and oxygen atoms in total. The van der Waals surface area contributed by atoms with Gasteiger partial charge in [0.25, 0.3) is 0 Å². The number of amides is 2. The van der Waals surface area contributed by atoms with Crippen molar-refractivity contribution in [2.45, 2.75) is 32.7 Å². The molecule has 1 aliphatic rings. The molecule has 0 spiro atoms. The summed E-state index contributed by atoms with van der Waals surface area (Å²) < 4.78 is 0. The SMILES string of the molecule is CCC(NC(=O)N1CCC(C)C1)C(=O)O. The first-order valence-electron chi connectivity index (χ1n) is 5.32. The smallest absolute Gasteiger partial charge is 0.326 e. The lowest BCUT2D eigenvalue weighted by Gasteiger charge is -2.19.